The number of carbonyl (C=O) groups is 1. The number of rotatable bonds is 7. The number of hydrogen-bond acceptors (Lipinski definition) is 7. The number of nitrogens with zero attached hydrogens (tertiary/aromatic N) is 5. The lowest BCUT2D eigenvalue weighted by Crippen LogP contribution is -2.49. The molecule has 1 aliphatic rings. The topological polar surface area (TPSA) is 91.7 Å². The molecule has 9 heteroatoms. The number of benzene rings is 1. The molecule has 1 aromatic carbocycles. The standard InChI is InChI=1S/C26H30FN5O3/c1-17-12-32(18(2)15-33)26(34)23-8-21(20-4-6-22(27)7-5-20)11-30-25(23)35-24(17)14-31(3)13-19-9-28-16-29-10-19/h4-11,16-18,24,33H,12-15H2,1-3H3/t17-,18-,24-/m0/s1. The predicted octanol–water partition coefficient (Wildman–Crippen LogP) is 3.03. The summed E-state index contributed by atoms with van der Waals surface area (Å²) < 4.78 is 19.8. The van der Waals surface area contributed by atoms with E-state index in [1.165, 1.54) is 18.5 Å². The average Bonchev–Trinajstić information content (AvgIpc) is 2.86. The summed E-state index contributed by atoms with van der Waals surface area (Å²) in [6.07, 6.45) is 6.44. The number of likely N-dealkylation sites (N-methyl/N-ethyl adjacent to an activating group) is 1. The molecule has 184 valence electrons. The summed E-state index contributed by atoms with van der Waals surface area (Å²) in [5.41, 5.74) is 2.74. The van der Waals surface area contributed by atoms with E-state index in [9.17, 15) is 14.3 Å². The van der Waals surface area contributed by atoms with Crippen molar-refractivity contribution in [2.24, 2.45) is 5.92 Å². The number of aliphatic hydroxyl groups excluding tert-OH is 1. The highest BCUT2D eigenvalue weighted by atomic mass is 19.1. The van der Waals surface area contributed by atoms with E-state index in [1.54, 1.807) is 41.7 Å². The van der Waals surface area contributed by atoms with Crippen molar-refractivity contribution in [3.8, 4) is 17.0 Å². The maximum atomic E-state index is 13.6. The van der Waals surface area contributed by atoms with Gasteiger partial charge in [-0.15, -0.1) is 0 Å². The Morgan fingerprint density at radius 1 is 1.20 bits per heavy atom. The van der Waals surface area contributed by atoms with Gasteiger partial charge in [0.15, 0.2) is 0 Å². The van der Waals surface area contributed by atoms with Crippen LogP contribution in [0.3, 0.4) is 0 Å². The molecule has 0 saturated heterocycles. The zero-order valence-corrected chi connectivity index (χ0v) is 20.1. The number of hydrogen-bond donors (Lipinski definition) is 1. The van der Waals surface area contributed by atoms with Crippen LogP contribution in [0.15, 0.2) is 55.2 Å². The molecule has 0 spiro atoms. The van der Waals surface area contributed by atoms with E-state index in [0.29, 0.717) is 30.8 Å². The average molecular weight is 480 g/mol. The Hall–Kier alpha value is -3.43. The lowest BCUT2D eigenvalue weighted by Gasteiger charge is -2.37. The second kappa shape index (κ2) is 10.9. The largest absolute Gasteiger partial charge is 0.472 e. The van der Waals surface area contributed by atoms with Gasteiger partial charge < -0.3 is 14.7 Å². The third-order valence-electron chi connectivity index (χ3n) is 6.26. The smallest absolute Gasteiger partial charge is 0.259 e. The Morgan fingerprint density at radius 3 is 2.60 bits per heavy atom. The van der Waals surface area contributed by atoms with Gasteiger partial charge >= 0.3 is 0 Å². The van der Waals surface area contributed by atoms with E-state index in [4.69, 9.17) is 4.74 Å². The van der Waals surface area contributed by atoms with Gasteiger partial charge in [0, 0.05) is 55.3 Å². The van der Waals surface area contributed by atoms with Crippen LogP contribution in [-0.4, -0.2) is 74.7 Å². The first-order valence-corrected chi connectivity index (χ1v) is 11.6. The van der Waals surface area contributed by atoms with Crippen LogP contribution in [0.2, 0.25) is 0 Å². The Morgan fingerprint density at radius 2 is 1.91 bits per heavy atom. The first-order chi connectivity index (χ1) is 16.9. The number of amides is 1. The van der Waals surface area contributed by atoms with Gasteiger partial charge in [-0.1, -0.05) is 19.1 Å². The van der Waals surface area contributed by atoms with Gasteiger partial charge in [-0.2, -0.15) is 0 Å². The zero-order chi connectivity index (χ0) is 24.9. The SMILES string of the molecule is C[C@H]1CN([C@@H](C)CO)C(=O)c2cc(-c3ccc(F)cc3)cnc2O[C@H]1CN(C)Cc1cncnc1. The number of pyridine rings is 1. The Labute approximate surface area is 204 Å². The minimum absolute atomic E-state index is 0.0193. The highest BCUT2D eigenvalue weighted by Gasteiger charge is 2.34. The van der Waals surface area contributed by atoms with E-state index >= 15 is 0 Å². The van der Waals surface area contributed by atoms with Crippen LogP contribution in [0.1, 0.15) is 29.8 Å². The van der Waals surface area contributed by atoms with Crippen molar-refractivity contribution in [2.75, 3.05) is 26.7 Å². The van der Waals surface area contributed by atoms with Crippen molar-refractivity contribution >= 4 is 5.91 Å². The first kappa shape index (κ1) is 24.7. The summed E-state index contributed by atoms with van der Waals surface area (Å²) in [6.45, 7) is 5.36. The molecule has 1 aliphatic heterocycles. The summed E-state index contributed by atoms with van der Waals surface area (Å²) in [5.74, 6) is -0.352. The van der Waals surface area contributed by atoms with Gasteiger partial charge in [-0.25, -0.2) is 19.3 Å². The molecule has 35 heavy (non-hydrogen) atoms. The molecule has 3 aromatic rings. The van der Waals surface area contributed by atoms with Gasteiger partial charge in [0.1, 0.15) is 23.8 Å². The van der Waals surface area contributed by atoms with Crippen molar-refractivity contribution in [3.63, 3.8) is 0 Å². The van der Waals surface area contributed by atoms with Crippen LogP contribution in [0.5, 0.6) is 5.88 Å². The molecule has 0 bridgehead atoms. The van der Waals surface area contributed by atoms with Crippen LogP contribution < -0.4 is 4.74 Å². The molecule has 0 unspecified atom stereocenters. The summed E-state index contributed by atoms with van der Waals surface area (Å²) in [5, 5.41) is 9.84. The first-order valence-electron chi connectivity index (χ1n) is 11.6. The summed E-state index contributed by atoms with van der Waals surface area (Å²) in [4.78, 5) is 30.0. The normalized spacial score (nSPS) is 19.0. The highest BCUT2D eigenvalue weighted by molar-refractivity contribution is 5.98. The van der Waals surface area contributed by atoms with Crippen LogP contribution in [-0.2, 0) is 6.54 Å². The Bertz CT molecular complexity index is 1150. The summed E-state index contributed by atoms with van der Waals surface area (Å²) >= 11 is 0. The number of carbonyl (C=O) groups excluding carboxylic acids is 1. The molecule has 0 fully saturated rings. The quantitative estimate of drug-likeness (QED) is 0.557. The van der Waals surface area contributed by atoms with E-state index in [2.05, 4.69) is 19.9 Å². The van der Waals surface area contributed by atoms with E-state index in [-0.39, 0.29) is 42.3 Å². The minimum atomic E-state index is -0.370. The Kier molecular flexibility index (Phi) is 7.67. The fourth-order valence-corrected chi connectivity index (χ4v) is 4.22. The minimum Gasteiger partial charge on any atom is -0.472 e. The fraction of sp³-hybridized carbons (Fsp3) is 0.385. The third kappa shape index (κ3) is 5.80. The number of aromatic nitrogens is 3. The molecule has 1 amide bonds. The molecule has 0 radical (unpaired) electrons. The van der Waals surface area contributed by atoms with Crippen molar-refractivity contribution in [3.05, 3.63) is 72.2 Å². The number of halogens is 1. The molecule has 3 heterocycles. The number of fused-ring (bicyclic) bond motifs is 1. The van der Waals surface area contributed by atoms with Crippen molar-refractivity contribution in [1.29, 1.82) is 0 Å². The molecule has 0 saturated carbocycles. The van der Waals surface area contributed by atoms with Crippen LogP contribution in [0.4, 0.5) is 4.39 Å². The fourth-order valence-electron chi connectivity index (χ4n) is 4.22. The molecule has 8 nitrogen and oxygen atoms in total. The van der Waals surface area contributed by atoms with Crippen LogP contribution >= 0.6 is 0 Å². The second-order valence-corrected chi connectivity index (χ2v) is 9.15. The summed E-state index contributed by atoms with van der Waals surface area (Å²) in [6, 6.07) is 7.39. The number of ether oxygens (including phenoxy) is 1. The molecular weight excluding hydrogens is 449 g/mol. The zero-order valence-electron chi connectivity index (χ0n) is 20.1. The third-order valence-corrected chi connectivity index (χ3v) is 6.26. The molecular formula is C26H30FN5O3. The summed E-state index contributed by atoms with van der Waals surface area (Å²) in [7, 11) is 1.99. The Balaban J connectivity index is 1.65. The lowest BCUT2D eigenvalue weighted by atomic mass is 9.99. The van der Waals surface area contributed by atoms with Crippen LogP contribution in [0, 0.1) is 11.7 Å². The van der Waals surface area contributed by atoms with Crippen molar-refractivity contribution in [1.82, 2.24) is 24.8 Å². The molecule has 3 atom stereocenters. The molecule has 4 rings (SSSR count). The van der Waals surface area contributed by atoms with Gasteiger partial charge in [0.05, 0.1) is 12.6 Å². The number of aliphatic hydroxyl groups is 1. The highest BCUT2D eigenvalue weighted by Crippen LogP contribution is 2.30. The maximum absolute atomic E-state index is 13.6. The maximum Gasteiger partial charge on any atom is 0.259 e. The second-order valence-electron chi connectivity index (χ2n) is 9.15. The lowest BCUT2D eigenvalue weighted by molar-refractivity contribution is 0.0325. The van der Waals surface area contributed by atoms with Gasteiger partial charge in [-0.05, 0) is 37.7 Å². The van der Waals surface area contributed by atoms with E-state index in [1.807, 2.05) is 20.9 Å². The van der Waals surface area contributed by atoms with Gasteiger partial charge in [0.2, 0.25) is 5.88 Å². The van der Waals surface area contributed by atoms with Crippen molar-refractivity contribution < 1.29 is 19.0 Å². The molecule has 0 aliphatic carbocycles. The van der Waals surface area contributed by atoms with Crippen LogP contribution in [0.25, 0.3) is 11.1 Å². The molecule has 2 aromatic heterocycles. The molecule has 1 N–H and O–H groups in total. The predicted molar refractivity (Wildman–Crippen MR) is 129 cm³/mol. The van der Waals surface area contributed by atoms with Gasteiger partial charge in [-0.3, -0.25) is 9.69 Å². The van der Waals surface area contributed by atoms with E-state index < -0.39 is 0 Å². The monoisotopic (exact) mass is 479 g/mol. The van der Waals surface area contributed by atoms with E-state index in [0.717, 1.165) is 11.1 Å². The van der Waals surface area contributed by atoms with Gasteiger partial charge in [0.25, 0.3) is 5.91 Å². The van der Waals surface area contributed by atoms with Crippen molar-refractivity contribution in [2.45, 2.75) is 32.5 Å².